The lowest BCUT2D eigenvalue weighted by Crippen LogP contribution is -2.31. The van der Waals surface area contributed by atoms with Gasteiger partial charge in [0.15, 0.2) is 0 Å². The third-order valence-corrected chi connectivity index (χ3v) is 9.10. The molecule has 1 saturated carbocycles. The van der Waals surface area contributed by atoms with E-state index in [0.29, 0.717) is 16.3 Å². The van der Waals surface area contributed by atoms with Crippen LogP contribution in [-0.4, -0.2) is 26.6 Å². The number of rotatable bonds is 5. The van der Waals surface area contributed by atoms with Crippen LogP contribution in [0.3, 0.4) is 0 Å². The van der Waals surface area contributed by atoms with Crippen LogP contribution in [0.2, 0.25) is 5.02 Å². The van der Waals surface area contributed by atoms with Gasteiger partial charge in [0.05, 0.1) is 26.8 Å². The molecule has 1 aliphatic carbocycles. The summed E-state index contributed by atoms with van der Waals surface area (Å²) in [7, 11) is 0. The molecule has 174 valence electrons. The van der Waals surface area contributed by atoms with Gasteiger partial charge >= 0.3 is 5.97 Å². The number of anilines is 1. The molecule has 6 nitrogen and oxygen atoms in total. The maximum absolute atomic E-state index is 11.7. The minimum atomic E-state index is -0.998. The fraction of sp³-hybridized carbons (Fsp3) is 0.240. The van der Waals surface area contributed by atoms with Crippen molar-refractivity contribution in [2.24, 2.45) is 5.92 Å². The lowest BCUT2D eigenvalue weighted by atomic mass is 9.77. The van der Waals surface area contributed by atoms with Crippen molar-refractivity contribution in [1.82, 2.24) is 0 Å². The Kier molecular flexibility index (Phi) is 6.18. The first-order chi connectivity index (χ1) is 16.3. The molecule has 0 amide bonds. The molecular formula is C25H20Cl2N2O4S. The van der Waals surface area contributed by atoms with Crippen LogP contribution in [0, 0.1) is 16.0 Å². The molecule has 1 aliphatic heterocycles. The van der Waals surface area contributed by atoms with Gasteiger partial charge in [0.25, 0.3) is 5.69 Å². The topological polar surface area (TPSA) is 92.5 Å². The van der Waals surface area contributed by atoms with Gasteiger partial charge in [0.1, 0.15) is 0 Å². The number of hydrogen-bond acceptors (Lipinski definition) is 5. The zero-order valence-corrected chi connectivity index (χ0v) is 20.1. The molecule has 0 spiro atoms. The van der Waals surface area contributed by atoms with Crippen LogP contribution in [0.5, 0.6) is 0 Å². The highest BCUT2D eigenvalue weighted by Crippen LogP contribution is 2.58. The Hall–Kier alpha value is -2.74. The van der Waals surface area contributed by atoms with E-state index in [4.69, 9.17) is 23.2 Å². The fourth-order valence-electron chi connectivity index (χ4n) is 5.15. The quantitative estimate of drug-likeness (QED) is 0.216. The Balaban J connectivity index is 1.57. The Labute approximate surface area is 210 Å². The standard InChI is InChI=1S/C25H20Cl2N2O4S/c26-17-6-2-1-5-14(17)24-16-12-21(34-20-8-4-3-7-19(20)29(32)33)23(27)22(16)15-11-13(25(30)31)9-10-18(15)28-24/h1-11,16,21-24,28H,12H2,(H,30,31)/t16-,21+,22-,23+,24-/m1/s1. The van der Waals surface area contributed by atoms with Gasteiger partial charge in [-0.05, 0) is 53.8 Å². The zero-order chi connectivity index (χ0) is 24.0. The van der Waals surface area contributed by atoms with Gasteiger partial charge in [-0.1, -0.05) is 41.9 Å². The van der Waals surface area contributed by atoms with Crippen molar-refractivity contribution in [3.63, 3.8) is 0 Å². The van der Waals surface area contributed by atoms with Crippen LogP contribution in [0.1, 0.15) is 39.9 Å². The van der Waals surface area contributed by atoms with Gasteiger partial charge in [-0.3, -0.25) is 10.1 Å². The van der Waals surface area contributed by atoms with Crippen molar-refractivity contribution in [2.75, 3.05) is 5.32 Å². The number of para-hydroxylation sites is 1. The van der Waals surface area contributed by atoms with E-state index in [0.717, 1.165) is 16.8 Å². The van der Waals surface area contributed by atoms with Crippen molar-refractivity contribution in [3.8, 4) is 0 Å². The summed E-state index contributed by atoms with van der Waals surface area (Å²) in [5, 5.41) is 24.8. The number of hydrogen-bond donors (Lipinski definition) is 2. The van der Waals surface area contributed by atoms with Crippen molar-refractivity contribution >= 4 is 52.3 Å². The van der Waals surface area contributed by atoms with Crippen LogP contribution in [0.25, 0.3) is 0 Å². The van der Waals surface area contributed by atoms with Crippen molar-refractivity contribution < 1.29 is 14.8 Å². The second-order valence-corrected chi connectivity index (χ2v) is 10.7. The maximum atomic E-state index is 11.7. The van der Waals surface area contributed by atoms with Crippen LogP contribution >= 0.6 is 35.0 Å². The average Bonchev–Trinajstić information content (AvgIpc) is 3.15. The number of nitrogens with one attached hydrogen (secondary N) is 1. The minimum absolute atomic E-state index is 0.0270. The van der Waals surface area contributed by atoms with Crippen LogP contribution in [0.15, 0.2) is 71.6 Å². The van der Waals surface area contributed by atoms with E-state index in [1.807, 2.05) is 24.3 Å². The normalized spacial score (nSPS) is 25.2. The van der Waals surface area contributed by atoms with Gasteiger partial charge in [-0.15, -0.1) is 23.4 Å². The summed E-state index contributed by atoms with van der Waals surface area (Å²) in [6.45, 7) is 0. The summed E-state index contributed by atoms with van der Waals surface area (Å²) in [6.07, 6.45) is 0.690. The summed E-state index contributed by atoms with van der Waals surface area (Å²) in [6, 6.07) is 19.3. The summed E-state index contributed by atoms with van der Waals surface area (Å²) in [4.78, 5) is 23.4. The number of halogens is 2. The third kappa shape index (κ3) is 4.02. The number of carboxylic acids is 1. The molecule has 34 heavy (non-hydrogen) atoms. The molecule has 2 aliphatic rings. The molecule has 5 rings (SSSR count). The number of aromatic carboxylic acids is 1. The van der Waals surface area contributed by atoms with Gasteiger partial charge < -0.3 is 10.4 Å². The Morgan fingerprint density at radius 1 is 1.09 bits per heavy atom. The highest BCUT2D eigenvalue weighted by molar-refractivity contribution is 8.00. The molecule has 2 N–H and O–H groups in total. The maximum Gasteiger partial charge on any atom is 0.335 e. The largest absolute Gasteiger partial charge is 0.478 e. The summed E-state index contributed by atoms with van der Waals surface area (Å²) < 4.78 is 0. The highest BCUT2D eigenvalue weighted by Gasteiger charge is 2.50. The van der Waals surface area contributed by atoms with Crippen molar-refractivity contribution in [1.29, 1.82) is 0 Å². The van der Waals surface area contributed by atoms with E-state index in [9.17, 15) is 20.0 Å². The predicted molar refractivity (Wildman–Crippen MR) is 134 cm³/mol. The van der Waals surface area contributed by atoms with Crippen LogP contribution < -0.4 is 5.32 Å². The average molecular weight is 515 g/mol. The lowest BCUT2D eigenvalue weighted by Gasteiger charge is -2.38. The highest BCUT2D eigenvalue weighted by atomic mass is 35.5. The smallest absolute Gasteiger partial charge is 0.335 e. The molecule has 0 unspecified atom stereocenters. The molecule has 5 atom stereocenters. The molecule has 0 bridgehead atoms. The number of thioether (sulfide) groups is 1. The zero-order valence-electron chi connectivity index (χ0n) is 17.7. The van der Waals surface area contributed by atoms with Crippen LogP contribution in [0.4, 0.5) is 11.4 Å². The number of benzene rings is 3. The van der Waals surface area contributed by atoms with Crippen LogP contribution in [-0.2, 0) is 0 Å². The van der Waals surface area contributed by atoms with Crippen molar-refractivity contribution in [2.45, 2.75) is 33.9 Å². The molecule has 1 fully saturated rings. The summed E-state index contributed by atoms with van der Waals surface area (Å²) >= 11 is 15.1. The Bertz CT molecular complexity index is 1290. The second-order valence-electron chi connectivity index (χ2n) is 8.50. The molecule has 3 aromatic rings. The number of nitro groups is 1. The number of fused-ring (bicyclic) bond motifs is 3. The molecule has 0 saturated heterocycles. The monoisotopic (exact) mass is 514 g/mol. The Morgan fingerprint density at radius 2 is 1.82 bits per heavy atom. The van der Waals surface area contributed by atoms with Gasteiger partial charge in [0.2, 0.25) is 0 Å². The summed E-state index contributed by atoms with van der Waals surface area (Å²) in [5.74, 6) is -1.11. The molecule has 9 heteroatoms. The fourth-order valence-corrected chi connectivity index (χ4v) is 7.35. The predicted octanol–water partition coefficient (Wildman–Crippen LogP) is 6.99. The molecule has 1 heterocycles. The lowest BCUT2D eigenvalue weighted by molar-refractivity contribution is -0.387. The minimum Gasteiger partial charge on any atom is -0.478 e. The summed E-state index contributed by atoms with van der Waals surface area (Å²) in [5.41, 5.74) is 2.90. The van der Waals surface area contributed by atoms with E-state index in [1.54, 1.807) is 36.4 Å². The first-order valence-electron chi connectivity index (χ1n) is 10.8. The molecule has 0 radical (unpaired) electrons. The molecule has 0 aromatic heterocycles. The third-order valence-electron chi connectivity index (χ3n) is 6.64. The van der Waals surface area contributed by atoms with Gasteiger partial charge in [-0.2, -0.15) is 0 Å². The van der Waals surface area contributed by atoms with E-state index in [1.165, 1.54) is 17.8 Å². The number of carboxylic acid groups (broad SMARTS) is 1. The first-order valence-corrected chi connectivity index (χ1v) is 12.5. The SMILES string of the molecule is O=C(O)c1ccc2c(c1)[C@H]1[C@@H](Cl)[C@@H](Sc3ccccc3[N+](=O)[O-])C[C@H]1[C@@H](c1ccccc1Cl)N2. The number of nitro benzene ring substituents is 1. The number of alkyl halides is 1. The second kappa shape index (κ2) is 9.13. The van der Waals surface area contributed by atoms with Gasteiger partial charge in [-0.25, -0.2) is 4.79 Å². The first kappa shape index (κ1) is 23.0. The number of carbonyl (C=O) groups is 1. The van der Waals surface area contributed by atoms with E-state index in [2.05, 4.69) is 5.32 Å². The van der Waals surface area contributed by atoms with Crippen molar-refractivity contribution in [3.05, 3.63) is 98.6 Å². The Morgan fingerprint density at radius 3 is 2.56 bits per heavy atom. The molecular weight excluding hydrogens is 495 g/mol. The number of nitrogens with zero attached hydrogens (tertiary/aromatic N) is 1. The van der Waals surface area contributed by atoms with E-state index >= 15 is 0 Å². The van der Waals surface area contributed by atoms with Gasteiger partial charge in [0, 0.05) is 27.9 Å². The van der Waals surface area contributed by atoms with E-state index in [-0.39, 0.29) is 44.7 Å². The van der Waals surface area contributed by atoms with E-state index < -0.39 is 5.97 Å². The molecule has 3 aromatic carbocycles.